The number of amides is 1. The van der Waals surface area contributed by atoms with Gasteiger partial charge < -0.3 is 10.1 Å². The summed E-state index contributed by atoms with van der Waals surface area (Å²) in [5, 5.41) is 11.4. The molecule has 5 nitrogen and oxygen atoms in total. The highest BCUT2D eigenvalue weighted by Gasteiger charge is 2.07. The van der Waals surface area contributed by atoms with Gasteiger partial charge in [-0.05, 0) is 29.8 Å². The van der Waals surface area contributed by atoms with Gasteiger partial charge in [-0.25, -0.2) is 4.39 Å². The highest BCUT2D eigenvalue weighted by atomic mass is 19.1. The highest BCUT2D eigenvalue weighted by Crippen LogP contribution is 2.21. The van der Waals surface area contributed by atoms with Crippen molar-refractivity contribution in [3.05, 3.63) is 66.1 Å². The number of carbonyl (C=O) groups excluding carboxylic acids is 1. The summed E-state index contributed by atoms with van der Waals surface area (Å²) >= 11 is 0. The largest absolute Gasteiger partial charge is 0.481 e. The second-order valence-electron chi connectivity index (χ2n) is 4.92. The quantitative estimate of drug-likeness (QED) is 0.786. The summed E-state index contributed by atoms with van der Waals surface area (Å²) in [6.07, 6.45) is 1.48. The lowest BCUT2D eigenvalue weighted by molar-refractivity contribution is -0.123. The molecule has 6 heteroatoms. The fourth-order valence-corrected chi connectivity index (χ4v) is 2.09. The Balaban J connectivity index is 1.57. The van der Waals surface area contributed by atoms with Crippen LogP contribution in [0.25, 0.3) is 10.9 Å². The van der Waals surface area contributed by atoms with Gasteiger partial charge in [-0.3, -0.25) is 4.79 Å². The number of hydrogen-bond donors (Lipinski definition) is 1. The van der Waals surface area contributed by atoms with Crippen LogP contribution in [0.1, 0.15) is 5.56 Å². The van der Waals surface area contributed by atoms with Crippen molar-refractivity contribution in [2.24, 2.45) is 0 Å². The van der Waals surface area contributed by atoms with E-state index in [4.69, 9.17) is 4.74 Å². The first-order valence-electron chi connectivity index (χ1n) is 7.07. The molecule has 0 radical (unpaired) electrons. The molecule has 1 aromatic heterocycles. The molecule has 3 rings (SSSR count). The predicted molar refractivity (Wildman–Crippen MR) is 83.3 cm³/mol. The smallest absolute Gasteiger partial charge is 0.258 e. The van der Waals surface area contributed by atoms with E-state index in [2.05, 4.69) is 15.5 Å². The van der Waals surface area contributed by atoms with Crippen LogP contribution in [0.15, 0.2) is 54.7 Å². The van der Waals surface area contributed by atoms with Crippen LogP contribution in [-0.4, -0.2) is 22.7 Å². The number of nitrogens with zero attached hydrogens (tertiary/aromatic N) is 2. The van der Waals surface area contributed by atoms with Crippen molar-refractivity contribution >= 4 is 16.8 Å². The standard InChI is InChI=1S/C17H14FN3O2/c18-13-7-5-12(6-8-13)9-19-17(22)11-23-16-10-20-21-15-4-2-1-3-14(15)16/h1-8,10H,9,11H2,(H,19,22). The van der Waals surface area contributed by atoms with E-state index in [0.717, 1.165) is 10.9 Å². The molecule has 0 saturated heterocycles. The fraction of sp³-hybridized carbons (Fsp3) is 0.118. The van der Waals surface area contributed by atoms with Crippen molar-refractivity contribution in [1.29, 1.82) is 0 Å². The Morgan fingerprint density at radius 2 is 1.91 bits per heavy atom. The van der Waals surface area contributed by atoms with Gasteiger partial charge in [0.25, 0.3) is 5.91 Å². The topological polar surface area (TPSA) is 64.1 Å². The second kappa shape index (κ2) is 6.83. The molecule has 0 unspecified atom stereocenters. The van der Waals surface area contributed by atoms with E-state index in [1.165, 1.54) is 18.3 Å². The Bertz CT molecular complexity index is 816. The first kappa shape index (κ1) is 14.9. The van der Waals surface area contributed by atoms with E-state index in [-0.39, 0.29) is 18.3 Å². The van der Waals surface area contributed by atoms with E-state index in [0.29, 0.717) is 17.8 Å². The van der Waals surface area contributed by atoms with Crippen molar-refractivity contribution in [2.75, 3.05) is 6.61 Å². The molecule has 0 aliphatic rings. The number of hydrogen-bond acceptors (Lipinski definition) is 4. The minimum absolute atomic E-state index is 0.128. The third-order valence-electron chi connectivity index (χ3n) is 3.27. The summed E-state index contributed by atoms with van der Waals surface area (Å²) in [5.74, 6) is -0.0665. The van der Waals surface area contributed by atoms with Crippen LogP contribution in [0.2, 0.25) is 0 Å². The number of rotatable bonds is 5. The number of nitrogens with one attached hydrogen (secondary N) is 1. The Morgan fingerprint density at radius 1 is 1.13 bits per heavy atom. The molecule has 0 atom stereocenters. The van der Waals surface area contributed by atoms with E-state index in [1.807, 2.05) is 24.3 Å². The molecule has 1 N–H and O–H groups in total. The summed E-state index contributed by atoms with van der Waals surface area (Å²) < 4.78 is 18.3. The van der Waals surface area contributed by atoms with Gasteiger partial charge in [0.05, 0.1) is 11.7 Å². The average Bonchev–Trinajstić information content (AvgIpc) is 2.59. The third-order valence-corrected chi connectivity index (χ3v) is 3.27. The summed E-state index contributed by atoms with van der Waals surface area (Å²) in [6.45, 7) is 0.189. The number of benzene rings is 2. The van der Waals surface area contributed by atoms with E-state index in [1.54, 1.807) is 12.1 Å². The zero-order chi connectivity index (χ0) is 16.1. The van der Waals surface area contributed by atoms with Crippen molar-refractivity contribution in [1.82, 2.24) is 15.5 Å². The van der Waals surface area contributed by atoms with E-state index in [9.17, 15) is 9.18 Å². The van der Waals surface area contributed by atoms with Crippen LogP contribution in [0, 0.1) is 5.82 Å². The van der Waals surface area contributed by atoms with Crippen LogP contribution in [0.3, 0.4) is 0 Å². The normalized spacial score (nSPS) is 10.5. The number of halogens is 1. The van der Waals surface area contributed by atoms with Crippen LogP contribution >= 0.6 is 0 Å². The molecule has 0 aliphatic carbocycles. The average molecular weight is 311 g/mol. The predicted octanol–water partition coefficient (Wildman–Crippen LogP) is 2.46. The number of fused-ring (bicyclic) bond motifs is 1. The van der Waals surface area contributed by atoms with Gasteiger partial charge in [0, 0.05) is 11.9 Å². The zero-order valence-corrected chi connectivity index (χ0v) is 12.2. The minimum Gasteiger partial charge on any atom is -0.481 e. The SMILES string of the molecule is O=C(COc1cnnc2ccccc12)NCc1ccc(F)cc1. The zero-order valence-electron chi connectivity index (χ0n) is 12.2. The van der Waals surface area contributed by atoms with Crippen molar-refractivity contribution in [2.45, 2.75) is 6.54 Å². The summed E-state index contributed by atoms with van der Waals surface area (Å²) in [7, 11) is 0. The molecule has 0 spiro atoms. The van der Waals surface area contributed by atoms with Crippen LogP contribution in [0.4, 0.5) is 4.39 Å². The third kappa shape index (κ3) is 3.79. The maximum Gasteiger partial charge on any atom is 0.258 e. The Kier molecular flexibility index (Phi) is 4.42. The van der Waals surface area contributed by atoms with E-state index >= 15 is 0 Å². The summed E-state index contributed by atoms with van der Waals surface area (Å²) in [4.78, 5) is 11.8. The van der Waals surface area contributed by atoms with Gasteiger partial charge in [0.2, 0.25) is 0 Å². The van der Waals surface area contributed by atoms with Crippen molar-refractivity contribution in [3.63, 3.8) is 0 Å². The maximum absolute atomic E-state index is 12.8. The lowest BCUT2D eigenvalue weighted by atomic mass is 10.2. The van der Waals surface area contributed by atoms with Crippen molar-refractivity contribution < 1.29 is 13.9 Å². The first-order valence-corrected chi connectivity index (χ1v) is 7.07. The lowest BCUT2D eigenvalue weighted by Crippen LogP contribution is -2.28. The Morgan fingerprint density at radius 3 is 2.74 bits per heavy atom. The van der Waals surface area contributed by atoms with E-state index < -0.39 is 0 Å². The van der Waals surface area contributed by atoms with Crippen LogP contribution in [0.5, 0.6) is 5.75 Å². The molecule has 116 valence electrons. The second-order valence-corrected chi connectivity index (χ2v) is 4.92. The molecule has 0 aliphatic heterocycles. The molecule has 23 heavy (non-hydrogen) atoms. The van der Waals surface area contributed by atoms with Gasteiger partial charge in [0.1, 0.15) is 11.6 Å². The fourth-order valence-electron chi connectivity index (χ4n) is 2.09. The summed E-state index contributed by atoms with van der Waals surface area (Å²) in [5.41, 5.74) is 1.52. The number of aromatic nitrogens is 2. The van der Waals surface area contributed by atoms with Crippen molar-refractivity contribution in [3.8, 4) is 5.75 Å². The van der Waals surface area contributed by atoms with Gasteiger partial charge in [0.15, 0.2) is 6.61 Å². The Hall–Kier alpha value is -3.02. The van der Waals surface area contributed by atoms with Gasteiger partial charge in [-0.15, -0.1) is 0 Å². The summed E-state index contributed by atoms with van der Waals surface area (Å²) in [6, 6.07) is 13.4. The molecular formula is C17H14FN3O2. The molecule has 0 fully saturated rings. The van der Waals surface area contributed by atoms with Gasteiger partial charge in [-0.2, -0.15) is 10.2 Å². The van der Waals surface area contributed by atoms with Gasteiger partial charge >= 0.3 is 0 Å². The number of ether oxygens (including phenoxy) is 1. The van der Waals surface area contributed by atoms with Crippen LogP contribution in [-0.2, 0) is 11.3 Å². The highest BCUT2D eigenvalue weighted by molar-refractivity contribution is 5.84. The maximum atomic E-state index is 12.8. The molecule has 0 saturated carbocycles. The molecule has 0 bridgehead atoms. The minimum atomic E-state index is -0.305. The van der Waals surface area contributed by atoms with Crippen LogP contribution < -0.4 is 10.1 Å². The molecule has 1 heterocycles. The monoisotopic (exact) mass is 311 g/mol. The number of carbonyl (C=O) groups is 1. The molecular weight excluding hydrogens is 297 g/mol. The molecule has 1 amide bonds. The first-order chi connectivity index (χ1) is 11.2. The molecule has 3 aromatic rings. The lowest BCUT2D eigenvalue weighted by Gasteiger charge is -2.09. The van der Waals surface area contributed by atoms with Gasteiger partial charge in [-0.1, -0.05) is 24.3 Å². The Labute approximate surface area is 132 Å². The molecule has 2 aromatic carbocycles.